The Hall–Kier alpha value is -4.31. The number of allylic oxidation sites excluding steroid dienone is 1. The van der Waals surface area contributed by atoms with Gasteiger partial charge in [0.2, 0.25) is 0 Å². The number of aromatic nitrogens is 1. The summed E-state index contributed by atoms with van der Waals surface area (Å²) in [4.78, 5) is 8.75. The van der Waals surface area contributed by atoms with E-state index < -0.39 is 0 Å². The van der Waals surface area contributed by atoms with Gasteiger partial charge < -0.3 is 15.1 Å². The molecule has 4 nitrogen and oxygen atoms in total. The number of hydrogen-bond acceptors (Lipinski definition) is 4. The zero-order chi connectivity index (χ0) is 27.9. The molecular formula is C36H40N4. The second kappa shape index (κ2) is 12.7. The Bertz CT molecular complexity index is 1420. The van der Waals surface area contributed by atoms with Crippen LogP contribution in [0.5, 0.6) is 0 Å². The van der Waals surface area contributed by atoms with Crippen molar-refractivity contribution in [3.05, 3.63) is 127 Å². The standard InChI is InChI=1S/C36H40N4/c1-27(38-34-13-9-23-37-25-34)33-12-8-14-36(24-33)40(28(2)30-10-6-5-7-11-30)26-29-15-17-31(18-16-29)32-19-21-35(22-20-32)39(3)4/h8-9,12-25,30,38H,1-2,5-7,10-11,26H2,3-4H3. The molecule has 1 fully saturated rings. The first-order valence-electron chi connectivity index (χ1n) is 14.3. The van der Waals surface area contributed by atoms with E-state index in [2.05, 4.69) is 120 Å². The van der Waals surface area contributed by atoms with Crippen LogP contribution in [0, 0.1) is 5.92 Å². The van der Waals surface area contributed by atoms with Crippen LogP contribution in [0.1, 0.15) is 43.2 Å². The molecule has 0 radical (unpaired) electrons. The molecule has 1 saturated carbocycles. The quantitative estimate of drug-likeness (QED) is 0.222. The molecule has 204 valence electrons. The minimum atomic E-state index is 0.517. The molecule has 4 aromatic rings. The van der Waals surface area contributed by atoms with Crippen LogP contribution in [0.25, 0.3) is 16.8 Å². The van der Waals surface area contributed by atoms with Crippen LogP contribution in [0.4, 0.5) is 17.1 Å². The van der Waals surface area contributed by atoms with Crippen LogP contribution in [0.15, 0.2) is 116 Å². The van der Waals surface area contributed by atoms with Gasteiger partial charge in [-0.1, -0.05) is 81.0 Å². The molecule has 0 unspecified atom stereocenters. The van der Waals surface area contributed by atoms with E-state index in [9.17, 15) is 0 Å². The van der Waals surface area contributed by atoms with Gasteiger partial charge in [0.1, 0.15) is 0 Å². The van der Waals surface area contributed by atoms with Gasteiger partial charge in [-0.15, -0.1) is 0 Å². The van der Waals surface area contributed by atoms with E-state index in [-0.39, 0.29) is 0 Å². The zero-order valence-corrected chi connectivity index (χ0v) is 23.8. The molecule has 0 amide bonds. The minimum absolute atomic E-state index is 0.517. The summed E-state index contributed by atoms with van der Waals surface area (Å²) in [7, 11) is 4.14. The molecule has 0 aliphatic heterocycles. The predicted molar refractivity (Wildman–Crippen MR) is 171 cm³/mol. The normalized spacial score (nSPS) is 13.4. The Balaban J connectivity index is 1.39. The lowest BCUT2D eigenvalue weighted by Crippen LogP contribution is -2.27. The highest BCUT2D eigenvalue weighted by Crippen LogP contribution is 2.35. The van der Waals surface area contributed by atoms with E-state index in [1.165, 1.54) is 60.2 Å². The maximum absolute atomic E-state index is 4.66. The molecule has 1 heterocycles. The molecule has 0 atom stereocenters. The van der Waals surface area contributed by atoms with Gasteiger partial charge in [-0.25, -0.2) is 0 Å². The predicted octanol–water partition coefficient (Wildman–Crippen LogP) is 9.00. The van der Waals surface area contributed by atoms with Crippen LogP contribution in [-0.2, 0) is 6.54 Å². The fourth-order valence-electron chi connectivity index (χ4n) is 5.50. The van der Waals surface area contributed by atoms with Gasteiger partial charge in [0, 0.05) is 49.6 Å². The number of benzene rings is 3. The molecule has 4 heteroatoms. The Morgan fingerprint density at radius 3 is 2.17 bits per heavy atom. The Kier molecular flexibility index (Phi) is 8.65. The summed E-state index contributed by atoms with van der Waals surface area (Å²) in [6.45, 7) is 9.75. The summed E-state index contributed by atoms with van der Waals surface area (Å²) < 4.78 is 0. The molecule has 3 aromatic carbocycles. The third kappa shape index (κ3) is 6.63. The van der Waals surface area contributed by atoms with E-state index in [0.717, 1.165) is 29.2 Å². The first-order valence-corrected chi connectivity index (χ1v) is 14.3. The maximum atomic E-state index is 4.66. The topological polar surface area (TPSA) is 31.4 Å². The van der Waals surface area contributed by atoms with Gasteiger partial charge >= 0.3 is 0 Å². The van der Waals surface area contributed by atoms with Crippen LogP contribution in [0.2, 0.25) is 0 Å². The van der Waals surface area contributed by atoms with Crippen LogP contribution < -0.4 is 15.1 Å². The zero-order valence-electron chi connectivity index (χ0n) is 23.8. The molecule has 1 aromatic heterocycles. The van der Waals surface area contributed by atoms with Crippen molar-refractivity contribution in [2.24, 2.45) is 5.92 Å². The van der Waals surface area contributed by atoms with Crippen molar-refractivity contribution in [1.82, 2.24) is 4.98 Å². The van der Waals surface area contributed by atoms with E-state index in [0.29, 0.717) is 5.92 Å². The van der Waals surface area contributed by atoms with Gasteiger partial charge in [0.15, 0.2) is 0 Å². The maximum Gasteiger partial charge on any atom is 0.0570 e. The van der Waals surface area contributed by atoms with Gasteiger partial charge in [0.05, 0.1) is 11.9 Å². The van der Waals surface area contributed by atoms with Crippen LogP contribution >= 0.6 is 0 Å². The highest BCUT2D eigenvalue weighted by molar-refractivity contribution is 5.77. The fraction of sp³-hybridized carbons (Fsp3) is 0.250. The summed E-state index contributed by atoms with van der Waals surface area (Å²) in [5.74, 6) is 0.517. The molecule has 1 N–H and O–H groups in total. The summed E-state index contributed by atoms with van der Waals surface area (Å²) in [5.41, 5.74) is 10.1. The van der Waals surface area contributed by atoms with Crippen LogP contribution in [0.3, 0.4) is 0 Å². The average Bonchev–Trinajstić information content (AvgIpc) is 3.01. The van der Waals surface area contributed by atoms with E-state index >= 15 is 0 Å². The lowest BCUT2D eigenvalue weighted by Gasteiger charge is -2.34. The molecule has 1 aliphatic carbocycles. The SMILES string of the molecule is C=C(Nc1cccnc1)c1cccc(N(Cc2ccc(-c3ccc(N(C)C)cc3)cc2)C(=C)C2CCCCC2)c1. The molecule has 5 rings (SSSR count). The second-order valence-electron chi connectivity index (χ2n) is 10.9. The Morgan fingerprint density at radius 1 is 0.825 bits per heavy atom. The van der Waals surface area contributed by atoms with Crippen molar-refractivity contribution in [2.45, 2.75) is 38.6 Å². The van der Waals surface area contributed by atoms with E-state index in [4.69, 9.17) is 0 Å². The van der Waals surface area contributed by atoms with Gasteiger partial charge in [-0.3, -0.25) is 4.98 Å². The molecule has 0 bridgehead atoms. The van der Waals surface area contributed by atoms with Gasteiger partial charge in [0.25, 0.3) is 0 Å². The highest BCUT2D eigenvalue weighted by atomic mass is 15.1. The van der Waals surface area contributed by atoms with Gasteiger partial charge in [-0.2, -0.15) is 0 Å². The third-order valence-corrected chi connectivity index (χ3v) is 7.90. The Morgan fingerprint density at radius 2 is 1.52 bits per heavy atom. The largest absolute Gasteiger partial charge is 0.378 e. The smallest absolute Gasteiger partial charge is 0.0570 e. The first-order chi connectivity index (χ1) is 19.5. The van der Waals surface area contributed by atoms with Crippen LogP contribution in [-0.4, -0.2) is 19.1 Å². The number of nitrogens with one attached hydrogen (secondary N) is 1. The lowest BCUT2D eigenvalue weighted by molar-refractivity contribution is 0.396. The van der Waals surface area contributed by atoms with Crippen molar-refractivity contribution >= 4 is 22.8 Å². The average molecular weight is 529 g/mol. The molecule has 0 saturated heterocycles. The summed E-state index contributed by atoms with van der Waals surface area (Å²) in [6, 6.07) is 30.3. The van der Waals surface area contributed by atoms with Crippen molar-refractivity contribution in [2.75, 3.05) is 29.2 Å². The first kappa shape index (κ1) is 27.3. The lowest BCUT2D eigenvalue weighted by atomic mass is 9.86. The van der Waals surface area contributed by atoms with E-state index in [1.54, 1.807) is 6.20 Å². The molecule has 40 heavy (non-hydrogen) atoms. The minimum Gasteiger partial charge on any atom is -0.378 e. The number of anilines is 3. The Labute approximate surface area is 239 Å². The molecular weight excluding hydrogens is 488 g/mol. The summed E-state index contributed by atoms with van der Waals surface area (Å²) in [6.07, 6.45) is 9.91. The number of hydrogen-bond donors (Lipinski definition) is 1. The molecule has 1 aliphatic rings. The van der Waals surface area contributed by atoms with E-state index in [1.807, 2.05) is 18.3 Å². The van der Waals surface area contributed by atoms with Gasteiger partial charge in [-0.05, 0) is 77.4 Å². The van der Waals surface area contributed by atoms with Crippen molar-refractivity contribution in [3.63, 3.8) is 0 Å². The third-order valence-electron chi connectivity index (χ3n) is 7.90. The second-order valence-corrected chi connectivity index (χ2v) is 10.9. The fourth-order valence-corrected chi connectivity index (χ4v) is 5.50. The highest BCUT2D eigenvalue weighted by Gasteiger charge is 2.22. The summed E-state index contributed by atoms with van der Waals surface area (Å²) in [5, 5.41) is 3.40. The van der Waals surface area contributed by atoms with Crippen molar-refractivity contribution < 1.29 is 0 Å². The van der Waals surface area contributed by atoms with Crippen molar-refractivity contribution in [1.29, 1.82) is 0 Å². The monoisotopic (exact) mass is 528 g/mol. The number of pyridine rings is 1. The van der Waals surface area contributed by atoms with Crippen molar-refractivity contribution in [3.8, 4) is 11.1 Å². The number of rotatable bonds is 10. The number of nitrogens with zero attached hydrogens (tertiary/aromatic N) is 3. The summed E-state index contributed by atoms with van der Waals surface area (Å²) >= 11 is 0. The molecule has 0 spiro atoms.